The lowest BCUT2D eigenvalue weighted by atomic mass is 10.0. The summed E-state index contributed by atoms with van der Waals surface area (Å²) >= 11 is 0. The molecule has 0 amide bonds. The molecule has 1 aromatic rings. The van der Waals surface area contributed by atoms with Gasteiger partial charge in [0.15, 0.2) is 0 Å². The van der Waals surface area contributed by atoms with Crippen molar-refractivity contribution in [2.45, 2.75) is 39.4 Å². The molecule has 1 atom stereocenters. The fourth-order valence-electron chi connectivity index (χ4n) is 2.47. The highest BCUT2D eigenvalue weighted by Crippen LogP contribution is 2.21. The van der Waals surface area contributed by atoms with Crippen LogP contribution in [0.1, 0.15) is 36.1 Å². The first-order valence-corrected chi connectivity index (χ1v) is 7.28. The van der Waals surface area contributed by atoms with Gasteiger partial charge in [0.2, 0.25) is 0 Å². The summed E-state index contributed by atoms with van der Waals surface area (Å²) < 4.78 is 36.9. The molecule has 0 aromatic heterocycles. The minimum atomic E-state index is -4.10. The Bertz CT molecular complexity index is 423. The van der Waals surface area contributed by atoms with Gasteiger partial charge >= 0.3 is 6.18 Å². The first-order chi connectivity index (χ1) is 9.71. The predicted molar refractivity (Wildman–Crippen MR) is 80.5 cm³/mol. The summed E-state index contributed by atoms with van der Waals surface area (Å²) in [5.41, 5.74) is 3.48. The van der Waals surface area contributed by atoms with E-state index < -0.39 is 12.6 Å². The maximum Gasteiger partial charge on any atom is 0.390 e. The molecular weight excluding hydrogens is 277 g/mol. The largest absolute Gasteiger partial charge is 0.390 e. The van der Waals surface area contributed by atoms with Gasteiger partial charge in [-0.15, -0.1) is 0 Å². The normalized spacial score (nSPS) is 13.7. The van der Waals surface area contributed by atoms with Gasteiger partial charge < -0.3 is 10.2 Å². The maximum absolute atomic E-state index is 12.3. The highest BCUT2D eigenvalue weighted by Gasteiger charge is 2.27. The minimum Gasteiger partial charge on any atom is -0.309 e. The van der Waals surface area contributed by atoms with E-state index in [1.807, 2.05) is 20.8 Å². The predicted octanol–water partition coefficient (Wildman–Crippen LogP) is 3.84. The van der Waals surface area contributed by atoms with Gasteiger partial charge in [-0.05, 0) is 33.0 Å². The van der Waals surface area contributed by atoms with Crippen molar-refractivity contribution in [2.75, 3.05) is 26.7 Å². The Hall–Kier alpha value is -1.07. The van der Waals surface area contributed by atoms with Crippen LogP contribution < -0.4 is 5.32 Å². The molecule has 1 unspecified atom stereocenters. The Labute approximate surface area is 125 Å². The molecule has 0 fully saturated rings. The fourth-order valence-corrected chi connectivity index (χ4v) is 2.47. The number of alkyl halides is 3. The zero-order valence-corrected chi connectivity index (χ0v) is 13.2. The highest BCUT2D eigenvalue weighted by atomic mass is 19.4. The van der Waals surface area contributed by atoms with E-state index in [4.69, 9.17) is 0 Å². The average Bonchev–Trinajstić information content (AvgIpc) is 2.34. The van der Waals surface area contributed by atoms with Crippen molar-refractivity contribution in [3.8, 4) is 0 Å². The van der Waals surface area contributed by atoms with Gasteiger partial charge in [0.05, 0.1) is 6.42 Å². The molecule has 5 heteroatoms. The van der Waals surface area contributed by atoms with Crippen molar-refractivity contribution >= 4 is 0 Å². The van der Waals surface area contributed by atoms with Crippen molar-refractivity contribution in [1.29, 1.82) is 0 Å². The van der Waals surface area contributed by atoms with Crippen LogP contribution >= 0.6 is 0 Å². The van der Waals surface area contributed by atoms with Crippen LogP contribution in [0, 0.1) is 13.8 Å². The summed E-state index contributed by atoms with van der Waals surface area (Å²) in [6.45, 7) is 7.44. The SMILES string of the molecule is CCNC(CN(C)CCC(F)(F)F)c1cc(C)cc(C)c1. The van der Waals surface area contributed by atoms with Crippen LogP contribution in [0.5, 0.6) is 0 Å². The fraction of sp³-hybridized carbons (Fsp3) is 0.625. The van der Waals surface area contributed by atoms with Gasteiger partial charge in [-0.1, -0.05) is 36.2 Å². The second kappa shape index (κ2) is 7.80. The van der Waals surface area contributed by atoms with Gasteiger partial charge in [-0.2, -0.15) is 13.2 Å². The lowest BCUT2D eigenvalue weighted by molar-refractivity contribution is -0.137. The molecule has 0 aliphatic carbocycles. The topological polar surface area (TPSA) is 15.3 Å². The summed E-state index contributed by atoms with van der Waals surface area (Å²) in [6, 6.07) is 6.34. The van der Waals surface area contributed by atoms with Crippen LogP contribution in [0.15, 0.2) is 18.2 Å². The molecule has 0 saturated carbocycles. The second-order valence-electron chi connectivity index (χ2n) is 5.66. The Morgan fingerprint density at radius 2 is 1.71 bits per heavy atom. The first kappa shape index (κ1) is 18.0. The van der Waals surface area contributed by atoms with Gasteiger partial charge in [0, 0.05) is 19.1 Å². The molecule has 0 heterocycles. The quantitative estimate of drug-likeness (QED) is 0.823. The molecule has 1 N–H and O–H groups in total. The minimum absolute atomic E-state index is 0.0240. The monoisotopic (exact) mass is 302 g/mol. The standard InChI is InChI=1S/C16H25F3N2/c1-5-20-15(11-21(4)7-6-16(17,18)19)14-9-12(2)8-13(3)10-14/h8-10,15,20H,5-7,11H2,1-4H3. The van der Waals surface area contributed by atoms with E-state index in [0.717, 1.165) is 12.1 Å². The third kappa shape index (κ3) is 6.96. The molecule has 0 aliphatic rings. The van der Waals surface area contributed by atoms with E-state index in [1.165, 1.54) is 11.1 Å². The van der Waals surface area contributed by atoms with Crippen molar-refractivity contribution in [2.24, 2.45) is 0 Å². The molecular formula is C16H25F3N2. The molecule has 0 aliphatic heterocycles. The lowest BCUT2D eigenvalue weighted by Gasteiger charge is -2.26. The molecule has 21 heavy (non-hydrogen) atoms. The number of benzene rings is 1. The summed E-state index contributed by atoms with van der Waals surface area (Å²) in [6.07, 6.45) is -4.86. The van der Waals surface area contributed by atoms with Crippen LogP contribution in [0.3, 0.4) is 0 Å². The molecule has 120 valence electrons. The Morgan fingerprint density at radius 1 is 1.14 bits per heavy atom. The van der Waals surface area contributed by atoms with Gasteiger partial charge in [-0.3, -0.25) is 0 Å². The second-order valence-corrected chi connectivity index (χ2v) is 5.66. The van der Waals surface area contributed by atoms with E-state index >= 15 is 0 Å². The van der Waals surface area contributed by atoms with E-state index in [9.17, 15) is 13.2 Å². The summed E-state index contributed by atoms with van der Waals surface area (Å²) in [5.74, 6) is 0. The molecule has 0 bridgehead atoms. The van der Waals surface area contributed by atoms with Crippen molar-refractivity contribution < 1.29 is 13.2 Å². The Morgan fingerprint density at radius 3 is 2.19 bits per heavy atom. The van der Waals surface area contributed by atoms with E-state index in [0.29, 0.717) is 6.54 Å². The lowest BCUT2D eigenvalue weighted by Crippen LogP contribution is -2.34. The number of aryl methyl sites for hydroxylation is 2. The molecule has 1 aromatic carbocycles. The highest BCUT2D eigenvalue weighted by molar-refractivity contribution is 5.30. The Kier molecular flexibility index (Phi) is 6.68. The van der Waals surface area contributed by atoms with Crippen LogP contribution in [0.25, 0.3) is 0 Å². The summed E-state index contributed by atoms with van der Waals surface area (Å²) in [7, 11) is 1.73. The van der Waals surface area contributed by atoms with E-state index in [-0.39, 0.29) is 12.6 Å². The zero-order valence-electron chi connectivity index (χ0n) is 13.2. The molecule has 1 rings (SSSR count). The van der Waals surface area contributed by atoms with Crippen molar-refractivity contribution in [3.05, 3.63) is 34.9 Å². The molecule has 2 nitrogen and oxygen atoms in total. The van der Waals surface area contributed by atoms with Crippen LogP contribution in [-0.4, -0.2) is 37.8 Å². The maximum atomic E-state index is 12.3. The van der Waals surface area contributed by atoms with E-state index in [2.05, 4.69) is 23.5 Å². The Balaban J connectivity index is 2.72. The van der Waals surface area contributed by atoms with Crippen LogP contribution in [0.2, 0.25) is 0 Å². The number of rotatable bonds is 7. The number of hydrogen-bond donors (Lipinski definition) is 1. The van der Waals surface area contributed by atoms with Crippen molar-refractivity contribution in [3.63, 3.8) is 0 Å². The van der Waals surface area contributed by atoms with Crippen LogP contribution in [-0.2, 0) is 0 Å². The van der Waals surface area contributed by atoms with Gasteiger partial charge in [-0.25, -0.2) is 0 Å². The summed E-state index contributed by atoms with van der Waals surface area (Å²) in [4.78, 5) is 1.73. The third-order valence-electron chi connectivity index (χ3n) is 3.37. The number of nitrogens with one attached hydrogen (secondary N) is 1. The number of nitrogens with zero attached hydrogens (tertiary/aromatic N) is 1. The average molecular weight is 302 g/mol. The smallest absolute Gasteiger partial charge is 0.309 e. The number of hydrogen-bond acceptors (Lipinski definition) is 2. The number of halogens is 3. The van der Waals surface area contributed by atoms with Gasteiger partial charge in [0.1, 0.15) is 0 Å². The molecule has 0 radical (unpaired) electrons. The van der Waals surface area contributed by atoms with Crippen molar-refractivity contribution in [1.82, 2.24) is 10.2 Å². The summed E-state index contributed by atoms with van der Waals surface area (Å²) in [5, 5.41) is 3.36. The van der Waals surface area contributed by atoms with Gasteiger partial charge in [0.25, 0.3) is 0 Å². The third-order valence-corrected chi connectivity index (χ3v) is 3.37. The first-order valence-electron chi connectivity index (χ1n) is 7.28. The molecule has 0 saturated heterocycles. The number of likely N-dealkylation sites (N-methyl/N-ethyl adjacent to an activating group) is 2. The zero-order chi connectivity index (χ0) is 16.0. The van der Waals surface area contributed by atoms with Crippen LogP contribution in [0.4, 0.5) is 13.2 Å². The van der Waals surface area contributed by atoms with E-state index in [1.54, 1.807) is 11.9 Å². The molecule has 0 spiro atoms.